The Morgan fingerprint density at radius 2 is 1.76 bits per heavy atom. The molecule has 1 saturated heterocycles. The SMILES string of the molecule is CC(=O)c1ccc(NC(=O)N2CC3CC(C2)c2ccc(NC(=O)c4ccco4)c(=O)n2C3)cc1. The molecule has 2 aromatic heterocycles. The van der Waals surface area contributed by atoms with Crippen LogP contribution < -0.4 is 16.2 Å². The molecule has 34 heavy (non-hydrogen) atoms. The van der Waals surface area contributed by atoms with E-state index in [1.165, 1.54) is 19.3 Å². The number of urea groups is 1. The Balaban J connectivity index is 1.30. The van der Waals surface area contributed by atoms with Gasteiger partial charge in [0, 0.05) is 42.5 Å². The number of rotatable bonds is 4. The van der Waals surface area contributed by atoms with Gasteiger partial charge in [-0.1, -0.05) is 0 Å². The Morgan fingerprint density at radius 1 is 0.971 bits per heavy atom. The van der Waals surface area contributed by atoms with Crippen molar-refractivity contribution in [3.8, 4) is 0 Å². The zero-order valence-electron chi connectivity index (χ0n) is 18.6. The molecule has 9 heteroatoms. The van der Waals surface area contributed by atoms with E-state index in [1.54, 1.807) is 45.9 Å². The maximum Gasteiger partial charge on any atom is 0.321 e. The Labute approximate surface area is 195 Å². The molecular formula is C25H24N4O5. The Morgan fingerprint density at radius 3 is 2.47 bits per heavy atom. The lowest BCUT2D eigenvalue weighted by molar-refractivity contribution is 0.0993. The summed E-state index contributed by atoms with van der Waals surface area (Å²) in [4.78, 5) is 51.5. The molecule has 3 amide bonds. The third kappa shape index (κ3) is 4.12. The summed E-state index contributed by atoms with van der Waals surface area (Å²) >= 11 is 0. The van der Waals surface area contributed by atoms with Crippen LogP contribution in [0.15, 0.2) is 64.0 Å². The van der Waals surface area contributed by atoms with Crippen LogP contribution in [0.3, 0.4) is 0 Å². The van der Waals surface area contributed by atoms with Gasteiger partial charge in [0.05, 0.1) is 6.26 Å². The van der Waals surface area contributed by atoms with Crippen LogP contribution in [0.25, 0.3) is 0 Å². The average molecular weight is 460 g/mol. The number of ketones is 1. The maximum absolute atomic E-state index is 13.1. The number of furan rings is 1. The molecule has 2 bridgehead atoms. The predicted octanol–water partition coefficient (Wildman–Crippen LogP) is 3.55. The van der Waals surface area contributed by atoms with E-state index in [9.17, 15) is 19.2 Å². The molecule has 5 rings (SSSR count). The number of nitrogens with zero attached hydrogens (tertiary/aromatic N) is 2. The van der Waals surface area contributed by atoms with Crippen molar-refractivity contribution >= 4 is 29.1 Å². The quantitative estimate of drug-likeness (QED) is 0.578. The molecule has 3 aromatic rings. The second-order valence-electron chi connectivity index (χ2n) is 8.79. The monoisotopic (exact) mass is 460 g/mol. The van der Waals surface area contributed by atoms with Crippen molar-refractivity contribution in [2.45, 2.75) is 25.8 Å². The van der Waals surface area contributed by atoms with E-state index in [0.717, 1.165) is 12.1 Å². The van der Waals surface area contributed by atoms with E-state index >= 15 is 0 Å². The van der Waals surface area contributed by atoms with E-state index in [0.29, 0.717) is 30.9 Å². The largest absolute Gasteiger partial charge is 0.459 e. The van der Waals surface area contributed by atoms with Crippen LogP contribution in [0.4, 0.5) is 16.2 Å². The number of carbonyl (C=O) groups is 3. The first kappa shape index (κ1) is 21.7. The molecule has 4 heterocycles. The van der Waals surface area contributed by atoms with Gasteiger partial charge in [-0.2, -0.15) is 0 Å². The topological polar surface area (TPSA) is 114 Å². The molecule has 9 nitrogen and oxygen atoms in total. The molecule has 1 fully saturated rings. The summed E-state index contributed by atoms with van der Waals surface area (Å²) in [5, 5.41) is 5.53. The van der Waals surface area contributed by atoms with E-state index in [1.807, 2.05) is 6.07 Å². The standard InChI is InChI=1S/C25H24N4O5/c1-15(30)17-4-6-19(7-5-17)26-25(33)28-12-16-11-18(14-28)21-9-8-20(24(32)29(21)13-16)27-23(31)22-3-2-10-34-22/h2-10,16,18H,11-14H2,1H3,(H,26,33)(H,27,31). The number of carbonyl (C=O) groups excluding carboxylic acids is 3. The van der Waals surface area contributed by atoms with Gasteiger partial charge in [-0.3, -0.25) is 14.4 Å². The highest BCUT2D eigenvalue weighted by molar-refractivity contribution is 6.02. The number of aromatic nitrogens is 1. The first-order chi connectivity index (χ1) is 16.4. The van der Waals surface area contributed by atoms with Gasteiger partial charge in [0.25, 0.3) is 11.5 Å². The molecule has 0 saturated carbocycles. The molecular weight excluding hydrogens is 436 g/mol. The summed E-state index contributed by atoms with van der Waals surface area (Å²) < 4.78 is 6.81. The summed E-state index contributed by atoms with van der Waals surface area (Å²) in [5.74, 6) is -0.208. The van der Waals surface area contributed by atoms with E-state index < -0.39 is 5.91 Å². The second-order valence-corrected chi connectivity index (χ2v) is 8.79. The molecule has 2 aliphatic rings. The van der Waals surface area contributed by atoms with Crippen molar-refractivity contribution < 1.29 is 18.8 Å². The first-order valence-corrected chi connectivity index (χ1v) is 11.1. The molecule has 1 aromatic carbocycles. The Kier molecular flexibility index (Phi) is 5.53. The predicted molar refractivity (Wildman–Crippen MR) is 125 cm³/mol. The lowest BCUT2D eigenvalue weighted by atomic mass is 9.83. The van der Waals surface area contributed by atoms with Crippen molar-refractivity contribution in [3.05, 3.63) is 82.2 Å². The fraction of sp³-hybridized carbons (Fsp3) is 0.280. The third-order valence-corrected chi connectivity index (χ3v) is 6.43. The van der Waals surface area contributed by atoms with Gasteiger partial charge in [0.2, 0.25) is 0 Å². The van der Waals surface area contributed by atoms with Gasteiger partial charge >= 0.3 is 6.03 Å². The Hall–Kier alpha value is -4.14. The molecule has 2 unspecified atom stereocenters. The lowest BCUT2D eigenvalue weighted by Gasteiger charge is -2.42. The molecule has 0 radical (unpaired) electrons. The zero-order chi connectivity index (χ0) is 23.8. The number of piperidine rings is 1. The van der Waals surface area contributed by atoms with Gasteiger partial charge in [-0.25, -0.2) is 4.79 Å². The smallest absolute Gasteiger partial charge is 0.321 e. The van der Waals surface area contributed by atoms with Gasteiger partial charge in [0.1, 0.15) is 5.69 Å². The number of nitrogens with one attached hydrogen (secondary N) is 2. The number of hydrogen-bond acceptors (Lipinski definition) is 5. The van der Waals surface area contributed by atoms with Crippen molar-refractivity contribution in [1.29, 1.82) is 0 Å². The molecule has 0 aliphatic carbocycles. The van der Waals surface area contributed by atoms with Crippen LogP contribution in [-0.4, -0.2) is 40.3 Å². The second kappa shape index (κ2) is 8.66. The molecule has 2 atom stereocenters. The molecule has 2 N–H and O–H groups in total. The summed E-state index contributed by atoms with van der Waals surface area (Å²) in [5.41, 5.74) is 2.02. The van der Waals surface area contributed by atoms with Gasteiger partial charge in [-0.15, -0.1) is 0 Å². The zero-order valence-corrected chi connectivity index (χ0v) is 18.6. The highest BCUT2D eigenvalue weighted by Gasteiger charge is 2.36. The van der Waals surface area contributed by atoms with Gasteiger partial charge < -0.3 is 24.5 Å². The van der Waals surface area contributed by atoms with Crippen LogP contribution in [0.2, 0.25) is 0 Å². The van der Waals surface area contributed by atoms with Crippen LogP contribution >= 0.6 is 0 Å². The number of likely N-dealkylation sites (tertiary alicyclic amines) is 1. The molecule has 174 valence electrons. The van der Waals surface area contributed by atoms with Crippen LogP contribution in [-0.2, 0) is 6.54 Å². The minimum atomic E-state index is -0.474. The van der Waals surface area contributed by atoms with E-state index in [4.69, 9.17) is 4.42 Å². The van der Waals surface area contributed by atoms with E-state index in [2.05, 4.69) is 10.6 Å². The van der Waals surface area contributed by atoms with E-state index in [-0.39, 0.29) is 40.7 Å². The summed E-state index contributed by atoms with van der Waals surface area (Å²) in [6.07, 6.45) is 2.30. The summed E-state index contributed by atoms with van der Waals surface area (Å²) in [7, 11) is 0. The number of anilines is 2. The van der Waals surface area contributed by atoms with Crippen molar-refractivity contribution in [2.24, 2.45) is 5.92 Å². The van der Waals surface area contributed by atoms with Gasteiger partial charge in [0.15, 0.2) is 11.5 Å². The van der Waals surface area contributed by atoms with Gasteiger partial charge in [-0.05, 0) is 67.8 Å². The number of fused-ring (bicyclic) bond motifs is 4. The highest BCUT2D eigenvalue weighted by Crippen LogP contribution is 2.35. The van der Waals surface area contributed by atoms with Crippen molar-refractivity contribution in [2.75, 3.05) is 23.7 Å². The van der Waals surface area contributed by atoms with Crippen LogP contribution in [0.5, 0.6) is 0 Å². The average Bonchev–Trinajstić information content (AvgIpc) is 3.37. The third-order valence-electron chi connectivity index (χ3n) is 6.43. The number of pyridine rings is 1. The van der Waals surface area contributed by atoms with Crippen molar-refractivity contribution in [1.82, 2.24) is 9.47 Å². The minimum absolute atomic E-state index is 0.0284. The highest BCUT2D eigenvalue weighted by atomic mass is 16.3. The maximum atomic E-state index is 13.1. The minimum Gasteiger partial charge on any atom is -0.459 e. The summed E-state index contributed by atoms with van der Waals surface area (Å²) in [6.45, 7) is 3.00. The number of Topliss-reactive ketones (excluding diaryl/α,β-unsaturated/α-hetero) is 1. The fourth-order valence-corrected chi connectivity index (χ4v) is 4.79. The summed E-state index contributed by atoms with van der Waals surface area (Å²) in [6, 6.07) is 13.2. The molecule has 2 aliphatic heterocycles. The Bertz CT molecular complexity index is 1310. The number of amides is 3. The lowest BCUT2D eigenvalue weighted by Crippen LogP contribution is -2.50. The fourth-order valence-electron chi connectivity index (χ4n) is 4.79. The number of benzene rings is 1. The van der Waals surface area contributed by atoms with Crippen LogP contribution in [0.1, 0.15) is 45.9 Å². The molecule has 0 spiro atoms. The van der Waals surface area contributed by atoms with Crippen LogP contribution in [0, 0.1) is 5.92 Å². The normalized spacial score (nSPS) is 18.7. The van der Waals surface area contributed by atoms with Crippen molar-refractivity contribution in [3.63, 3.8) is 0 Å². The number of hydrogen-bond donors (Lipinski definition) is 2. The first-order valence-electron chi connectivity index (χ1n) is 11.1.